The van der Waals surface area contributed by atoms with Gasteiger partial charge in [-0.15, -0.1) is 11.3 Å². The van der Waals surface area contributed by atoms with Crippen LogP contribution in [0.15, 0.2) is 56.3 Å². The van der Waals surface area contributed by atoms with Crippen molar-refractivity contribution >= 4 is 23.4 Å². The number of rotatable bonds is 6. The summed E-state index contributed by atoms with van der Waals surface area (Å²) in [5, 5.41) is 17.1. The third kappa shape index (κ3) is 4.49. The monoisotopic (exact) mass is 416 g/mol. The zero-order valence-corrected chi connectivity index (χ0v) is 16.0. The van der Waals surface area contributed by atoms with Crippen molar-refractivity contribution in [2.24, 2.45) is 10.1 Å². The molecule has 8 nitrogen and oxygen atoms in total. The molecule has 1 aromatic carbocycles. The van der Waals surface area contributed by atoms with Crippen LogP contribution in [0.4, 0.5) is 10.3 Å². The minimum absolute atomic E-state index is 0.0940. The maximum Gasteiger partial charge on any atom is 0.433 e. The van der Waals surface area contributed by atoms with Gasteiger partial charge in [0.15, 0.2) is 5.76 Å². The highest BCUT2D eigenvalue weighted by molar-refractivity contribution is 7.07. The van der Waals surface area contributed by atoms with E-state index in [4.69, 9.17) is 9.15 Å². The average molecular weight is 416 g/mol. The molecule has 1 fully saturated rings. The normalized spacial score (nSPS) is 17.4. The summed E-state index contributed by atoms with van der Waals surface area (Å²) in [7, 11) is 0. The number of ether oxygens (including phenoxy) is 1. The number of nitro groups is 1. The molecule has 0 saturated carbocycles. The largest absolute Gasteiger partial charge is 0.433 e. The predicted molar refractivity (Wildman–Crippen MR) is 105 cm³/mol. The summed E-state index contributed by atoms with van der Waals surface area (Å²) in [4.78, 5) is 15.4. The Bertz CT molecular complexity index is 1090. The van der Waals surface area contributed by atoms with Crippen LogP contribution in [0.3, 0.4) is 0 Å². The fraction of sp³-hybridized carbons (Fsp3) is 0.263. The minimum atomic E-state index is -0.610. The van der Waals surface area contributed by atoms with Crippen molar-refractivity contribution in [1.29, 1.82) is 0 Å². The van der Waals surface area contributed by atoms with Crippen molar-refractivity contribution in [3.63, 3.8) is 0 Å². The SMILES string of the molecule is O=[N+]([O-])c1ccc(/C=N\n2c(-c3ccc(F)cc3)csc2=NC[C@H]2CCCO2)o1. The summed E-state index contributed by atoms with van der Waals surface area (Å²) in [6.07, 6.45) is 3.48. The molecule has 3 heterocycles. The van der Waals surface area contributed by atoms with Crippen LogP contribution >= 0.6 is 11.3 Å². The number of nitrogens with zero attached hydrogens (tertiary/aromatic N) is 4. The molecule has 3 aromatic rings. The Morgan fingerprint density at radius 3 is 2.83 bits per heavy atom. The van der Waals surface area contributed by atoms with E-state index in [9.17, 15) is 14.5 Å². The van der Waals surface area contributed by atoms with Gasteiger partial charge in [0.25, 0.3) is 0 Å². The van der Waals surface area contributed by atoms with Gasteiger partial charge in [-0.25, -0.2) is 9.07 Å². The Labute approximate surface area is 168 Å². The number of halogens is 1. The molecule has 150 valence electrons. The van der Waals surface area contributed by atoms with Crippen LogP contribution in [0.25, 0.3) is 11.3 Å². The van der Waals surface area contributed by atoms with Crippen LogP contribution in [0.2, 0.25) is 0 Å². The van der Waals surface area contributed by atoms with E-state index < -0.39 is 4.92 Å². The van der Waals surface area contributed by atoms with Crippen LogP contribution in [-0.4, -0.2) is 35.1 Å². The van der Waals surface area contributed by atoms with E-state index in [-0.39, 0.29) is 23.6 Å². The Morgan fingerprint density at radius 2 is 2.14 bits per heavy atom. The van der Waals surface area contributed by atoms with E-state index in [1.54, 1.807) is 16.8 Å². The molecule has 10 heteroatoms. The van der Waals surface area contributed by atoms with E-state index in [0.717, 1.165) is 30.7 Å². The molecule has 0 amide bonds. The fourth-order valence-corrected chi connectivity index (χ4v) is 3.78. The molecule has 0 bridgehead atoms. The van der Waals surface area contributed by atoms with Crippen LogP contribution < -0.4 is 4.80 Å². The first-order chi connectivity index (χ1) is 14.1. The third-order valence-electron chi connectivity index (χ3n) is 4.37. The Morgan fingerprint density at radius 1 is 1.31 bits per heavy atom. The maximum atomic E-state index is 13.3. The molecule has 1 aliphatic heterocycles. The number of aromatic nitrogens is 1. The smallest absolute Gasteiger partial charge is 0.400 e. The second-order valence-electron chi connectivity index (χ2n) is 6.38. The zero-order chi connectivity index (χ0) is 20.2. The fourth-order valence-electron chi connectivity index (χ4n) is 2.93. The number of hydrogen-bond acceptors (Lipinski definition) is 7. The second-order valence-corrected chi connectivity index (χ2v) is 7.21. The lowest BCUT2D eigenvalue weighted by molar-refractivity contribution is -0.402. The lowest BCUT2D eigenvalue weighted by Crippen LogP contribution is -2.17. The minimum Gasteiger partial charge on any atom is -0.400 e. The summed E-state index contributed by atoms with van der Waals surface area (Å²) in [5.74, 6) is -0.445. The van der Waals surface area contributed by atoms with Crippen molar-refractivity contribution in [2.75, 3.05) is 13.2 Å². The van der Waals surface area contributed by atoms with Gasteiger partial charge >= 0.3 is 5.88 Å². The van der Waals surface area contributed by atoms with Crippen molar-refractivity contribution < 1.29 is 18.5 Å². The van der Waals surface area contributed by atoms with Gasteiger partial charge in [-0.3, -0.25) is 15.1 Å². The van der Waals surface area contributed by atoms with E-state index in [1.807, 2.05) is 5.38 Å². The quantitative estimate of drug-likeness (QED) is 0.347. The molecule has 2 aromatic heterocycles. The Kier molecular flexibility index (Phi) is 5.63. The predicted octanol–water partition coefficient (Wildman–Crippen LogP) is 3.82. The molecule has 0 aliphatic carbocycles. The summed E-state index contributed by atoms with van der Waals surface area (Å²) < 4.78 is 25.7. The van der Waals surface area contributed by atoms with Crippen molar-refractivity contribution in [2.45, 2.75) is 18.9 Å². The van der Waals surface area contributed by atoms with Gasteiger partial charge in [-0.1, -0.05) is 0 Å². The standard InChI is InChI=1S/C19H17FN4O4S/c20-14-5-3-13(4-6-14)17-12-29-19(21-10-15-2-1-9-27-15)23(17)22-11-16-7-8-18(28-16)24(25)26/h3-8,11-12,15H,1-2,9-10H2/b21-19?,22-11-/t15-/m1/s1. The van der Waals surface area contributed by atoms with Crippen LogP contribution in [0.5, 0.6) is 0 Å². The summed E-state index contributed by atoms with van der Waals surface area (Å²) in [6, 6.07) is 8.80. The molecule has 0 spiro atoms. The summed E-state index contributed by atoms with van der Waals surface area (Å²) in [6.45, 7) is 1.27. The van der Waals surface area contributed by atoms with Gasteiger partial charge in [-0.2, -0.15) is 5.10 Å². The molecule has 1 aliphatic rings. The van der Waals surface area contributed by atoms with Gasteiger partial charge in [0.05, 0.1) is 30.6 Å². The first-order valence-electron chi connectivity index (χ1n) is 8.97. The van der Waals surface area contributed by atoms with E-state index in [2.05, 4.69) is 10.1 Å². The lowest BCUT2D eigenvalue weighted by atomic mass is 10.2. The molecular formula is C19H17FN4O4S. The molecule has 0 N–H and O–H groups in total. The molecule has 0 unspecified atom stereocenters. The second kappa shape index (κ2) is 8.50. The zero-order valence-electron chi connectivity index (χ0n) is 15.2. The average Bonchev–Trinajstić information content (AvgIpc) is 3.46. The Balaban J connectivity index is 1.69. The number of thiazole rings is 1. The van der Waals surface area contributed by atoms with Crippen LogP contribution in [0.1, 0.15) is 18.6 Å². The molecule has 1 saturated heterocycles. The highest BCUT2D eigenvalue weighted by Gasteiger charge is 2.15. The number of hydrogen-bond donors (Lipinski definition) is 0. The van der Waals surface area contributed by atoms with E-state index >= 15 is 0 Å². The van der Waals surface area contributed by atoms with Gasteiger partial charge in [0.1, 0.15) is 10.7 Å². The third-order valence-corrected chi connectivity index (χ3v) is 5.23. The van der Waals surface area contributed by atoms with E-state index in [1.165, 1.54) is 41.8 Å². The highest BCUT2D eigenvalue weighted by atomic mass is 32.1. The molecule has 0 radical (unpaired) electrons. The van der Waals surface area contributed by atoms with Crippen molar-refractivity contribution in [3.8, 4) is 11.3 Å². The first-order valence-corrected chi connectivity index (χ1v) is 9.85. The Hall–Kier alpha value is -3.11. The van der Waals surface area contributed by atoms with Gasteiger partial charge in [-0.05, 0) is 43.2 Å². The van der Waals surface area contributed by atoms with Gasteiger partial charge in [0.2, 0.25) is 4.80 Å². The molecule has 29 heavy (non-hydrogen) atoms. The van der Waals surface area contributed by atoms with Crippen LogP contribution in [0, 0.1) is 15.9 Å². The topological polar surface area (TPSA) is 95.2 Å². The number of furan rings is 1. The number of benzene rings is 1. The molecular weight excluding hydrogens is 399 g/mol. The van der Waals surface area contributed by atoms with Gasteiger partial charge in [0, 0.05) is 17.6 Å². The summed E-state index contributed by atoms with van der Waals surface area (Å²) in [5.41, 5.74) is 1.49. The van der Waals surface area contributed by atoms with E-state index in [0.29, 0.717) is 11.3 Å². The van der Waals surface area contributed by atoms with Crippen LogP contribution in [-0.2, 0) is 4.74 Å². The first kappa shape index (κ1) is 19.2. The van der Waals surface area contributed by atoms with Gasteiger partial charge < -0.3 is 9.15 Å². The lowest BCUT2D eigenvalue weighted by Gasteiger charge is -2.05. The van der Waals surface area contributed by atoms with Crippen molar-refractivity contribution in [1.82, 2.24) is 4.68 Å². The van der Waals surface area contributed by atoms with Crippen molar-refractivity contribution in [3.05, 3.63) is 68.3 Å². The molecule has 4 rings (SSSR count). The maximum absolute atomic E-state index is 13.3. The molecule has 1 atom stereocenters. The summed E-state index contributed by atoms with van der Waals surface area (Å²) >= 11 is 1.40. The highest BCUT2D eigenvalue weighted by Crippen LogP contribution is 2.21.